The van der Waals surface area contributed by atoms with Gasteiger partial charge in [-0.3, -0.25) is 10.2 Å². The molecular weight excluding hydrogens is 372 g/mol. The first-order valence-electron chi connectivity index (χ1n) is 11.5. The van der Waals surface area contributed by atoms with Gasteiger partial charge in [0, 0.05) is 23.7 Å². The zero-order valence-electron chi connectivity index (χ0n) is 17.8. The van der Waals surface area contributed by atoms with E-state index in [0.717, 1.165) is 18.5 Å². The van der Waals surface area contributed by atoms with Gasteiger partial charge in [0.2, 0.25) is 0 Å². The number of benzene rings is 2. The fourth-order valence-electron chi connectivity index (χ4n) is 6.11. The van der Waals surface area contributed by atoms with Crippen LogP contribution in [0.5, 0.6) is 0 Å². The molecule has 2 saturated heterocycles. The second-order valence-electron chi connectivity index (χ2n) is 9.39. The molecule has 5 atom stereocenters. The lowest BCUT2D eigenvalue weighted by Gasteiger charge is -2.49. The Morgan fingerprint density at radius 3 is 2.67 bits per heavy atom. The molecule has 158 valence electrons. The molecule has 3 fully saturated rings. The van der Waals surface area contributed by atoms with Crippen molar-refractivity contribution >= 4 is 11.8 Å². The van der Waals surface area contributed by atoms with E-state index >= 15 is 0 Å². The number of piperidine rings is 2. The number of carbonyl (C=O) groups is 1. The zero-order chi connectivity index (χ0) is 20.5. The first-order chi connectivity index (χ1) is 14.7. The van der Waals surface area contributed by atoms with E-state index in [2.05, 4.69) is 40.5 Å². The van der Waals surface area contributed by atoms with Gasteiger partial charge < -0.3 is 4.74 Å². The number of carbonyl (C=O) groups excluding carboxylic acids is 1. The monoisotopic (exact) mass is 404 g/mol. The number of aryl methyl sites for hydroxylation is 1. The molecule has 0 unspecified atom stereocenters. The summed E-state index contributed by atoms with van der Waals surface area (Å²) in [5.41, 5.74) is 3.40. The van der Waals surface area contributed by atoms with Gasteiger partial charge in [0.25, 0.3) is 0 Å². The highest BCUT2D eigenvalue weighted by molar-refractivity contribution is 5.84. The summed E-state index contributed by atoms with van der Waals surface area (Å²) in [7, 11) is 0. The SMILES string of the molecule is Cc1ccc(NC(=O)O[C@@H]2C[C@H]3C[C@@H]2[C@H]2CCCCN2[C@H]3Cc2ccccc2)cc1. The number of rotatable bonds is 4. The predicted molar refractivity (Wildman–Crippen MR) is 120 cm³/mol. The molecule has 2 heterocycles. The third-order valence-corrected chi connectivity index (χ3v) is 7.49. The van der Waals surface area contributed by atoms with E-state index in [4.69, 9.17) is 4.74 Å². The van der Waals surface area contributed by atoms with E-state index < -0.39 is 0 Å². The van der Waals surface area contributed by atoms with Crippen LogP contribution in [0.3, 0.4) is 0 Å². The van der Waals surface area contributed by atoms with Crippen molar-refractivity contribution in [1.29, 1.82) is 0 Å². The van der Waals surface area contributed by atoms with Gasteiger partial charge in [0.15, 0.2) is 0 Å². The molecule has 0 radical (unpaired) electrons. The van der Waals surface area contributed by atoms with E-state index in [9.17, 15) is 4.79 Å². The normalized spacial score (nSPS) is 30.5. The van der Waals surface area contributed by atoms with Crippen LogP contribution in [0.1, 0.15) is 43.2 Å². The molecule has 4 heteroatoms. The third kappa shape index (κ3) is 3.98. The maximum Gasteiger partial charge on any atom is 0.411 e. The molecule has 1 aliphatic carbocycles. The van der Waals surface area contributed by atoms with Gasteiger partial charge in [-0.05, 0) is 69.2 Å². The minimum absolute atomic E-state index is 0.0341. The summed E-state index contributed by atoms with van der Waals surface area (Å²) in [5, 5.41) is 2.92. The Morgan fingerprint density at radius 1 is 1.07 bits per heavy atom. The van der Waals surface area contributed by atoms with Crippen LogP contribution in [0, 0.1) is 18.8 Å². The van der Waals surface area contributed by atoms with E-state index in [1.54, 1.807) is 0 Å². The van der Waals surface area contributed by atoms with Gasteiger partial charge >= 0.3 is 6.09 Å². The summed E-state index contributed by atoms with van der Waals surface area (Å²) in [6, 6.07) is 19.9. The number of nitrogens with one attached hydrogen (secondary N) is 1. The second kappa shape index (κ2) is 8.43. The molecule has 1 amide bonds. The number of fused-ring (bicyclic) bond motifs is 4. The van der Waals surface area contributed by atoms with Crippen molar-refractivity contribution in [3.8, 4) is 0 Å². The summed E-state index contributed by atoms with van der Waals surface area (Å²) in [6.45, 7) is 3.24. The number of anilines is 1. The van der Waals surface area contributed by atoms with Crippen LogP contribution in [-0.2, 0) is 11.2 Å². The van der Waals surface area contributed by atoms with Crippen molar-refractivity contribution in [2.24, 2.45) is 11.8 Å². The molecule has 2 bridgehead atoms. The van der Waals surface area contributed by atoms with E-state index in [0.29, 0.717) is 23.9 Å². The summed E-state index contributed by atoms with van der Waals surface area (Å²) in [6.07, 6.45) is 6.85. The molecule has 30 heavy (non-hydrogen) atoms. The Balaban J connectivity index is 1.29. The van der Waals surface area contributed by atoms with Gasteiger partial charge in [-0.25, -0.2) is 4.79 Å². The van der Waals surface area contributed by atoms with E-state index in [1.165, 1.54) is 43.4 Å². The Labute approximate surface area is 179 Å². The molecule has 4 nitrogen and oxygen atoms in total. The summed E-state index contributed by atoms with van der Waals surface area (Å²) < 4.78 is 6.03. The predicted octanol–water partition coefficient (Wildman–Crippen LogP) is 5.42. The van der Waals surface area contributed by atoms with Gasteiger partial charge in [-0.1, -0.05) is 54.4 Å². The highest BCUT2D eigenvalue weighted by atomic mass is 16.6. The standard InChI is InChI=1S/C26H32N2O2/c1-18-10-12-21(13-11-18)27-26(29)30-25-17-20-16-22(25)23-9-5-6-14-28(23)24(20)15-19-7-3-2-4-8-19/h2-4,7-8,10-13,20,22-25H,5-6,9,14-17H2,1H3,(H,27,29)/t20-,22-,23-,24+,25-/m1/s1. The van der Waals surface area contributed by atoms with Gasteiger partial charge in [0.1, 0.15) is 6.10 Å². The average molecular weight is 405 g/mol. The van der Waals surface area contributed by atoms with Crippen molar-refractivity contribution in [3.05, 3.63) is 65.7 Å². The number of hydrogen-bond acceptors (Lipinski definition) is 3. The third-order valence-electron chi connectivity index (χ3n) is 7.49. The van der Waals surface area contributed by atoms with Crippen LogP contribution in [-0.4, -0.2) is 35.7 Å². The summed E-state index contributed by atoms with van der Waals surface area (Å²) in [5.74, 6) is 1.09. The number of hydrogen-bond donors (Lipinski definition) is 1. The highest BCUT2D eigenvalue weighted by Gasteiger charge is 2.52. The summed E-state index contributed by atoms with van der Waals surface area (Å²) >= 11 is 0. The van der Waals surface area contributed by atoms with Gasteiger partial charge in [-0.2, -0.15) is 0 Å². The molecule has 2 aromatic rings. The number of amides is 1. The molecule has 0 spiro atoms. The quantitative estimate of drug-likeness (QED) is 0.740. The van der Waals surface area contributed by atoms with Crippen molar-refractivity contribution in [3.63, 3.8) is 0 Å². The number of nitrogens with zero attached hydrogens (tertiary/aromatic N) is 1. The van der Waals surface area contributed by atoms with Crippen LogP contribution in [0.4, 0.5) is 10.5 Å². The second-order valence-corrected chi connectivity index (χ2v) is 9.39. The molecule has 1 N–H and O–H groups in total. The lowest BCUT2D eigenvalue weighted by atomic mass is 9.79. The van der Waals surface area contributed by atoms with Crippen LogP contribution >= 0.6 is 0 Å². The molecule has 2 aliphatic heterocycles. The van der Waals surface area contributed by atoms with Crippen LogP contribution in [0.2, 0.25) is 0 Å². The fraction of sp³-hybridized carbons (Fsp3) is 0.500. The zero-order valence-corrected chi connectivity index (χ0v) is 17.8. The van der Waals surface area contributed by atoms with Crippen molar-refractivity contribution in [1.82, 2.24) is 4.90 Å². The topological polar surface area (TPSA) is 41.6 Å². The highest BCUT2D eigenvalue weighted by Crippen LogP contribution is 2.49. The number of ether oxygens (including phenoxy) is 1. The lowest BCUT2D eigenvalue weighted by molar-refractivity contribution is -0.0144. The average Bonchev–Trinajstić information content (AvgIpc) is 3.13. The Hall–Kier alpha value is -2.33. The van der Waals surface area contributed by atoms with E-state index in [1.807, 2.05) is 31.2 Å². The Bertz CT molecular complexity index is 866. The maximum atomic E-state index is 12.6. The maximum absolute atomic E-state index is 12.6. The smallest absolute Gasteiger partial charge is 0.411 e. The summed E-state index contributed by atoms with van der Waals surface area (Å²) in [4.78, 5) is 15.4. The minimum atomic E-state index is -0.307. The Kier molecular flexibility index (Phi) is 5.51. The van der Waals surface area contributed by atoms with Crippen molar-refractivity contribution in [2.45, 2.75) is 63.6 Å². The van der Waals surface area contributed by atoms with Gasteiger partial charge in [-0.15, -0.1) is 0 Å². The molecular formula is C26H32N2O2. The van der Waals surface area contributed by atoms with Crippen molar-refractivity contribution < 1.29 is 9.53 Å². The van der Waals surface area contributed by atoms with E-state index in [-0.39, 0.29) is 12.2 Å². The fourth-order valence-corrected chi connectivity index (χ4v) is 6.11. The van der Waals surface area contributed by atoms with Crippen LogP contribution in [0.15, 0.2) is 54.6 Å². The first-order valence-corrected chi connectivity index (χ1v) is 11.5. The van der Waals surface area contributed by atoms with Crippen molar-refractivity contribution in [2.75, 3.05) is 11.9 Å². The lowest BCUT2D eigenvalue weighted by Crippen LogP contribution is -2.55. The van der Waals surface area contributed by atoms with Crippen LogP contribution < -0.4 is 5.32 Å². The molecule has 0 aromatic heterocycles. The van der Waals surface area contributed by atoms with Gasteiger partial charge in [0.05, 0.1) is 0 Å². The Morgan fingerprint density at radius 2 is 1.87 bits per heavy atom. The minimum Gasteiger partial charge on any atom is -0.446 e. The molecule has 2 aromatic carbocycles. The largest absolute Gasteiger partial charge is 0.446 e. The molecule has 3 aliphatic rings. The first kappa shape index (κ1) is 19.6. The molecule has 5 rings (SSSR count). The molecule has 1 saturated carbocycles. The van der Waals surface area contributed by atoms with Crippen LogP contribution in [0.25, 0.3) is 0 Å².